The molecule has 0 bridgehead atoms. The van der Waals surface area contributed by atoms with Gasteiger partial charge < -0.3 is 17.0 Å². The van der Waals surface area contributed by atoms with Gasteiger partial charge in [0.25, 0.3) is 0 Å². The van der Waals surface area contributed by atoms with E-state index < -0.39 is 0 Å². The quantitative estimate of drug-likeness (QED) is 0.300. The van der Waals surface area contributed by atoms with Gasteiger partial charge in [-0.2, -0.15) is 0 Å². The Labute approximate surface area is 165 Å². The molecule has 2 aromatic rings. The third kappa shape index (κ3) is 4.94. The molecule has 0 saturated heterocycles. The van der Waals surface area contributed by atoms with Crippen molar-refractivity contribution in [2.24, 2.45) is 0 Å². The van der Waals surface area contributed by atoms with Gasteiger partial charge in [-0.3, -0.25) is 6.58 Å². The normalized spacial score (nSPS) is 12.8. The van der Waals surface area contributed by atoms with Crippen LogP contribution in [0.5, 0.6) is 0 Å². The van der Waals surface area contributed by atoms with Crippen LogP contribution in [0.3, 0.4) is 0 Å². The molecule has 0 N–H and O–H groups in total. The van der Waals surface area contributed by atoms with Crippen LogP contribution < -0.4 is 0 Å². The summed E-state index contributed by atoms with van der Waals surface area (Å²) in [6.45, 7) is 17.6. The number of benzene rings is 1. The molecule has 0 aliphatic heterocycles. The van der Waals surface area contributed by atoms with Crippen molar-refractivity contribution in [3.63, 3.8) is 0 Å². The molecular weight excluding hydrogens is 484 g/mol. The summed E-state index contributed by atoms with van der Waals surface area (Å²) >= 11 is 0. The van der Waals surface area contributed by atoms with E-state index in [4.69, 9.17) is 5.41 Å². The minimum Gasteiger partial charge on any atom is -0.817 e. The first-order chi connectivity index (χ1) is 11.6. The predicted molar refractivity (Wildman–Crippen MR) is 105 cm³/mol. The van der Waals surface area contributed by atoms with Crippen LogP contribution in [-0.4, -0.2) is 11.7 Å². The number of hydrogen-bond donors (Lipinski definition) is 0. The van der Waals surface area contributed by atoms with Crippen LogP contribution in [0.4, 0.5) is 0 Å². The molecule has 0 atom stereocenters. The van der Waals surface area contributed by atoms with Crippen molar-refractivity contribution in [1.82, 2.24) is 4.98 Å². The molecule has 0 amide bonds. The van der Waals surface area contributed by atoms with E-state index in [2.05, 4.69) is 69.6 Å². The molecule has 1 aliphatic carbocycles. The third-order valence-electron chi connectivity index (χ3n) is 4.09. The van der Waals surface area contributed by atoms with Crippen molar-refractivity contribution in [2.75, 3.05) is 0 Å². The average Bonchev–Trinajstić information content (AvgIpc) is 2.89. The van der Waals surface area contributed by atoms with Crippen LogP contribution in [-0.2, 0) is 25.5 Å². The van der Waals surface area contributed by atoms with Gasteiger partial charge in [-0.15, -0.1) is 41.5 Å². The molecule has 1 aromatic carbocycles. The van der Waals surface area contributed by atoms with Crippen molar-refractivity contribution in [3.05, 3.63) is 90.5 Å². The first kappa shape index (κ1) is 22.9. The van der Waals surface area contributed by atoms with Gasteiger partial charge in [-0.1, -0.05) is 43.7 Å². The van der Waals surface area contributed by atoms with Gasteiger partial charge in [0.15, 0.2) is 0 Å². The summed E-state index contributed by atoms with van der Waals surface area (Å²) in [5, 5.41) is 6.75. The summed E-state index contributed by atoms with van der Waals surface area (Å²) in [5.41, 5.74) is 6.13. The Balaban J connectivity index is 0.00000108. The van der Waals surface area contributed by atoms with Crippen molar-refractivity contribution in [3.8, 4) is 11.3 Å². The van der Waals surface area contributed by atoms with Crippen molar-refractivity contribution in [1.29, 1.82) is 0 Å². The van der Waals surface area contributed by atoms with Gasteiger partial charge in [-0.25, -0.2) is 6.72 Å². The first-order valence-electron chi connectivity index (χ1n) is 7.65. The van der Waals surface area contributed by atoms with Crippen LogP contribution in [0.2, 0.25) is 0 Å². The average molecular weight is 508 g/mol. The van der Waals surface area contributed by atoms with Gasteiger partial charge in [0.2, 0.25) is 0 Å². The number of rotatable bonds is 3. The first-order valence-corrected chi connectivity index (χ1v) is 7.65. The molecule has 0 spiro atoms. The molecule has 130 valence electrons. The van der Waals surface area contributed by atoms with Gasteiger partial charge in [0, 0.05) is 6.20 Å². The molecule has 3 heteroatoms. The van der Waals surface area contributed by atoms with Crippen LogP contribution in [0.15, 0.2) is 61.3 Å². The standard InChI is InChI=1S/C19H18N.C2H3.CH2N.Ir/c1-4-7-16-13-15-12-14(18-8-5-6-11-20-18)9-10-17(15)19(16,2)3;2*1-2;/h4-6,8,10-13H,1,7H2,2-3H3;1H,2H2;1H2;/q3*-1;+3. The fraction of sp³-hybridized carbons (Fsp3) is 0.182. The molecule has 1 aliphatic rings. The second kappa shape index (κ2) is 10.7. The smallest absolute Gasteiger partial charge is 0.817 e. The fourth-order valence-electron chi connectivity index (χ4n) is 2.85. The largest absolute Gasteiger partial charge is 3.00 e. The van der Waals surface area contributed by atoms with Crippen molar-refractivity contribution >= 4 is 12.8 Å². The molecule has 0 fully saturated rings. The number of pyridine rings is 1. The monoisotopic (exact) mass is 508 g/mol. The Hall–Kier alpha value is -2.09. The number of hydrogen-bond acceptors (Lipinski definition) is 1. The number of nitrogens with zero attached hydrogens (tertiary/aromatic N) is 2. The van der Waals surface area contributed by atoms with Crippen molar-refractivity contribution < 1.29 is 20.1 Å². The van der Waals surface area contributed by atoms with Crippen molar-refractivity contribution in [2.45, 2.75) is 25.7 Å². The SMILES string of the molecule is C=CCC1=Cc2cc(-c3ccccn3)[c-]cc2C1(C)C.C=[N-].[CH-]=C.[Ir+3]. The second-order valence-corrected chi connectivity index (χ2v) is 5.72. The van der Waals surface area contributed by atoms with E-state index >= 15 is 0 Å². The zero-order valence-electron chi connectivity index (χ0n) is 14.8. The minimum atomic E-state index is 0. The summed E-state index contributed by atoms with van der Waals surface area (Å²) in [6.07, 6.45) is 7.01. The Kier molecular flexibility index (Phi) is 9.81. The molecule has 25 heavy (non-hydrogen) atoms. The summed E-state index contributed by atoms with van der Waals surface area (Å²) in [4.78, 5) is 4.40. The zero-order valence-corrected chi connectivity index (χ0v) is 17.1. The minimum absolute atomic E-state index is 0. The molecule has 1 heterocycles. The topological polar surface area (TPSA) is 35.2 Å². The van der Waals surface area contributed by atoms with Crippen LogP contribution in [0.1, 0.15) is 31.4 Å². The Bertz CT molecular complexity index is 716. The summed E-state index contributed by atoms with van der Waals surface area (Å²) < 4.78 is 0. The van der Waals surface area contributed by atoms with Crippen LogP contribution in [0, 0.1) is 12.6 Å². The van der Waals surface area contributed by atoms with Gasteiger partial charge >= 0.3 is 20.1 Å². The van der Waals surface area contributed by atoms with Crippen LogP contribution >= 0.6 is 0 Å². The van der Waals surface area contributed by atoms with E-state index in [0.29, 0.717) is 0 Å². The van der Waals surface area contributed by atoms with Gasteiger partial charge in [0.05, 0.1) is 0 Å². The molecule has 3 rings (SSSR count). The molecule has 0 radical (unpaired) electrons. The maximum Gasteiger partial charge on any atom is 3.00 e. The summed E-state index contributed by atoms with van der Waals surface area (Å²) in [6, 6.07) is 13.6. The van der Waals surface area contributed by atoms with Gasteiger partial charge in [-0.05, 0) is 23.6 Å². The van der Waals surface area contributed by atoms with E-state index in [0.717, 1.165) is 17.7 Å². The molecular formula is C22H23IrN2. The van der Waals surface area contributed by atoms with E-state index in [1.807, 2.05) is 30.5 Å². The van der Waals surface area contributed by atoms with Crippen LogP contribution in [0.25, 0.3) is 22.7 Å². The third-order valence-corrected chi connectivity index (χ3v) is 4.09. The summed E-state index contributed by atoms with van der Waals surface area (Å²) in [5.74, 6) is 0. The molecule has 0 unspecified atom stereocenters. The predicted octanol–water partition coefficient (Wildman–Crippen LogP) is 5.66. The summed E-state index contributed by atoms with van der Waals surface area (Å²) in [7, 11) is 0. The number of allylic oxidation sites excluding steroid dienone is 2. The Morgan fingerprint density at radius 2 is 1.96 bits per heavy atom. The van der Waals surface area contributed by atoms with Gasteiger partial charge in [0.1, 0.15) is 0 Å². The molecule has 0 saturated carbocycles. The fourth-order valence-corrected chi connectivity index (χ4v) is 2.85. The number of aromatic nitrogens is 1. The van der Waals surface area contributed by atoms with E-state index in [-0.39, 0.29) is 25.5 Å². The van der Waals surface area contributed by atoms with E-state index in [9.17, 15) is 0 Å². The zero-order chi connectivity index (χ0) is 18.2. The van der Waals surface area contributed by atoms with E-state index in [1.54, 1.807) is 0 Å². The Morgan fingerprint density at radius 1 is 1.28 bits per heavy atom. The maximum absolute atomic E-state index is 6.75. The number of fused-ring (bicyclic) bond motifs is 1. The maximum atomic E-state index is 6.75. The molecule has 2 nitrogen and oxygen atoms in total. The molecule has 1 aromatic heterocycles. The second-order valence-electron chi connectivity index (χ2n) is 5.72. The Morgan fingerprint density at radius 3 is 2.52 bits per heavy atom. The van der Waals surface area contributed by atoms with E-state index in [1.165, 1.54) is 16.7 Å².